The number of ether oxygens (including phenoxy) is 2. The molecule has 0 aromatic rings. The molecule has 0 radical (unpaired) electrons. The molecule has 2 aliphatic heterocycles. The Balaban J connectivity index is 1.90. The molecule has 2 heterocycles. The fourth-order valence-electron chi connectivity index (χ4n) is 2.99. The van der Waals surface area contributed by atoms with E-state index in [0.717, 1.165) is 0 Å². The van der Waals surface area contributed by atoms with E-state index in [9.17, 15) is 14.4 Å². The molecule has 4 atom stereocenters. The Morgan fingerprint density at radius 3 is 2.48 bits per heavy atom. The van der Waals surface area contributed by atoms with Crippen LogP contribution < -0.4 is 5.32 Å². The van der Waals surface area contributed by atoms with Crippen LogP contribution in [0.5, 0.6) is 0 Å². The van der Waals surface area contributed by atoms with Crippen LogP contribution in [0.4, 0.5) is 4.79 Å². The number of likely N-dealkylation sites (tertiary alicyclic amines) is 1. The molecule has 2 N–H and O–H groups in total. The lowest BCUT2D eigenvalue weighted by molar-refractivity contribution is -0.175. The Hall–Kier alpha value is -1.83. The molecule has 0 saturated carbocycles. The quantitative estimate of drug-likeness (QED) is 0.583. The number of amides is 1. The van der Waals surface area contributed by atoms with Gasteiger partial charge in [-0.2, -0.15) is 0 Å². The lowest BCUT2D eigenvalue weighted by atomic mass is 9.97. The van der Waals surface area contributed by atoms with E-state index in [1.807, 2.05) is 0 Å². The number of carboxylic acids is 1. The van der Waals surface area contributed by atoms with Crippen LogP contribution in [0.25, 0.3) is 0 Å². The minimum absolute atomic E-state index is 0.118. The Kier molecular flexibility index (Phi) is 4.84. The number of esters is 1. The summed E-state index contributed by atoms with van der Waals surface area (Å²) in [6.07, 6.45) is -0.961. The number of carbonyl (C=O) groups is 3. The number of nitrogens with zero attached hydrogens (tertiary/aromatic N) is 1. The van der Waals surface area contributed by atoms with Crippen molar-refractivity contribution in [1.82, 2.24) is 10.2 Å². The summed E-state index contributed by atoms with van der Waals surface area (Å²) in [6, 6.07) is -0.831. The Labute approximate surface area is 135 Å². The van der Waals surface area contributed by atoms with E-state index in [1.165, 1.54) is 11.8 Å². The highest BCUT2D eigenvalue weighted by atomic mass is 16.7. The number of carboxylic acid groups (broad SMARTS) is 1. The average Bonchev–Trinajstić information content (AvgIpc) is 2.96. The third-order valence-corrected chi connectivity index (χ3v) is 4.23. The lowest BCUT2D eigenvalue weighted by Gasteiger charge is -2.26. The van der Waals surface area contributed by atoms with Gasteiger partial charge in [-0.15, -0.1) is 0 Å². The molecule has 4 unspecified atom stereocenters. The maximum Gasteiger partial charge on any atom is 0.413 e. The molecular formula is C15H24N2O6. The zero-order valence-electron chi connectivity index (χ0n) is 13.9. The van der Waals surface area contributed by atoms with Crippen LogP contribution in [0.2, 0.25) is 0 Å². The van der Waals surface area contributed by atoms with Crippen molar-refractivity contribution in [3.8, 4) is 0 Å². The first-order chi connectivity index (χ1) is 10.6. The summed E-state index contributed by atoms with van der Waals surface area (Å²) < 4.78 is 10.3. The van der Waals surface area contributed by atoms with Crippen LogP contribution in [0.3, 0.4) is 0 Å². The molecule has 8 heteroatoms. The summed E-state index contributed by atoms with van der Waals surface area (Å²) in [6.45, 7) is 7.50. The predicted molar refractivity (Wildman–Crippen MR) is 79.5 cm³/mol. The maximum atomic E-state index is 12.2. The molecule has 0 spiro atoms. The molecule has 130 valence electrons. The van der Waals surface area contributed by atoms with Gasteiger partial charge in [-0.1, -0.05) is 0 Å². The van der Waals surface area contributed by atoms with Gasteiger partial charge < -0.3 is 24.8 Å². The van der Waals surface area contributed by atoms with Gasteiger partial charge in [0.1, 0.15) is 6.04 Å². The topological polar surface area (TPSA) is 105 Å². The van der Waals surface area contributed by atoms with Gasteiger partial charge >= 0.3 is 18.0 Å². The summed E-state index contributed by atoms with van der Waals surface area (Å²) >= 11 is 0. The number of carbonyl (C=O) groups excluding carboxylic acids is 2. The fraction of sp³-hybridized carbons (Fsp3) is 0.800. The van der Waals surface area contributed by atoms with E-state index in [1.54, 1.807) is 20.8 Å². The van der Waals surface area contributed by atoms with Crippen molar-refractivity contribution in [2.75, 3.05) is 13.1 Å². The summed E-state index contributed by atoms with van der Waals surface area (Å²) in [4.78, 5) is 36.7. The zero-order valence-corrected chi connectivity index (χ0v) is 13.9. The summed E-state index contributed by atoms with van der Waals surface area (Å²) in [5, 5.41) is 12.1. The van der Waals surface area contributed by atoms with Crippen LogP contribution in [-0.2, 0) is 19.1 Å². The van der Waals surface area contributed by atoms with E-state index >= 15 is 0 Å². The number of nitrogens with one attached hydrogen (secondary N) is 1. The molecule has 1 amide bonds. The van der Waals surface area contributed by atoms with Gasteiger partial charge in [0, 0.05) is 25.9 Å². The molecule has 23 heavy (non-hydrogen) atoms. The first-order valence-corrected chi connectivity index (χ1v) is 7.76. The number of rotatable bonds is 3. The third-order valence-electron chi connectivity index (χ3n) is 4.23. The van der Waals surface area contributed by atoms with Gasteiger partial charge in [-0.05, 0) is 27.2 Å². The van der Waals surface area contributed by atoms with Gasteiger partial charge in [-0.3, -0.25) is 9.59 Å². The Morgan fingerprint density at radius 2 is 1.91 bits per heavy atom. The molecule has 2 rings (SSSR count). The van der Waals surface area contributed by atoms with Gasteiger partial charge in [0.05, 0.1) is 11.5 Å². The van der Waals surface area contributed by atoms with Gasteiger partial charge in [-0.25, -0.2) is 4.79 Å². The molecular weight excluding hydrogens is 304 g/mol. The van der Waals surface area contributed by atoms with E-state index in [4.69, 9.17) is 14.6 Å². The van der Waals surface area contributed by atoms with Crippen molar-refractivity contribution in [2.24, 2.45) is 11.3 Å². The monoisotopic (exact) mass is 328 g/mol. The zero-order chi connectivity index (χ0) is 17.4. The van der Waals surface area contributed by atoms with Gasteiger partial charge in [0.25, 0.3) is 0 Å². The van der Waals surface area contributed by atoms with Crippen molar-refractivity contribution in [2.45, 2.75) is 52.5 Å². The smallest absolute Gasteiger partial charge is 0.413 e. The number of aliphatic carboxylic acids is 1. The second-order valence-electron chi connectivity index (χ2n) is 7.04. The number of hydrogen-bond donors (Lipinski definition) is 2. The van der Waals surface area contributed by atoms with Crippen molar-refractivity contribution in [3.05, 3.63) is 0 Å². The molecule has 0 aromatic carbocycles. The molecule has 2 aliphatic rings. The molecule has 2 fully saturated rings. The van der Waals surface area contributed by atoms with Crippen molar-refractivity contribution in [3.63, 3.8) is 0 Å². The fourth-order valence-corrected chi connectivity index (χ4v) is 2.99. The minimum Gasteiger partial charge on any atom is -0.480 e. The second kappa shape index (κ2) is 6.35. The highest BCUT2D eigenvalue weighted by Gasteiger charge is 2.48. The van der Waals surface area contributed by atoms with E-state index in [-0.39, 0.29) is 12.0 Å². The number of hydrogen-bond acceptors (Lipinski definition) is 6. The minimum atomic E-state index is -0.988. The van der Waals surface area contributed by atoms with Crippen LogP contribution in [-0.4, -0.2) is 59.5 Å². The van der Waals surface area contributed by atoms with Crippen LogP contribution in [0, 0.1) is 11.3 Å². The first kappa shape index (κ1) is 17.5. The normalized spacial score (nSPS) is 28.2. The maximum absolute atomic E-state index is 12.2. The molecule has 8 nitrogen and oxygen atoms in total. The molecule has 0 bridgehead atoms. The van der Waals surface area contributed by atoms with Gasteiger partial charge in [0.2, 0.25) is 6.29 Å². The molecule has 0 aliphatic carbocycles. The van der Waals surface area contributed by atoms with Crippen molar-refractivity contribution < 1.29 is 29.0 Å². The standard InChI is InChI=1S/C15H24N2O6/c1-8(22-13(20)15(2,3)4)23-14(21)17-6-5-9-10(17)7-16-11(9)12(18)19/h8-11,16H,5-7H2,1-4H3,(H,18,19). The number of fused-ring (bicyclic) bond motifs is 1. The third kappa shape index (κ3) is 3.74. The van der Waals surface area contributed by atoms with E-state index < -0.39 is 35.8 Å². The Morgan fingerprint density at radius 1 is 1.26 bits per heavy atom. The summed E-state index contributed by atoms with van der Waals surface area (Å²) in [5.74, 6) is -1.47. The van der Waals surface area contributed by atoms with E-state index in [2.05, 4.69) is 5.32 Å². The van der Waals surface area contributed by atoms with Crippen LogP contribution in [0.1, 0.15) is 34.1 Å². The first-order valence-electron chi connectivity index (χ1n) is 7.76. The lowest BCUT2D eigenvalue weighted by Crippen LogP contribution is -2.41. The van der Waals surface area contributed by atoms with Gasteiger partial charge in [0.15, 0.2) is 0 Å². The predicted octanol–water partition coefficient (Wildman–Crippen LogP) is 0.805. The molecule has 2 saturated heterocycles. The molecule has 0 aromatic heterocycles. The van der Waals surface area contributed by atoms with Crippen LogP contribution in [0.15, 0.2) is 0 Å². The summed E-state index contributed by atoms with van der Waals surface area (Å²) in [7, 11) is 0. The van der Waals surface area contributed by atoms with Crippen LogP contribution >= 0.6 is 0 Å². The summed E-state index contributed by atoms with van der Waals surface area (Å²) in [5.41, 5.74) is -0.677. The second-order valence-corrected chi connectivity index (χ2v) is 7.04. The highest BCUT2D eigenvalue weighted by Crippen LogP contribution is 2.32. The SMILES string of the molecule is CC(OC(=O)N1CCC2C(C(=O)O)NCC21)OC(=O)C(C)(C)C. The largest absolute Gasteiger partial charge is 0.480 e. The Bertz CT molecular complexity index is 501. The average molecular weight is 328 g/mol. The highest BCUT2D eigenvalue weighted by molar-refractivity contribution is 5.76. The van der Waals surface area contributed by atoms with Crippen molar-refractivity contribution >= 4 is 18.0 Å². The van der Waals surface area contributed by atoms with E-state index in [0.29, 0.717) is 19.5 Å². The van der Waals surface area contributed by atoms with Crippen molar-refractivity contribution in [1.29, 1.82) is 0 Å².